The first-order valence-corrected chi connectivity index (χ1v) is 8.30. The number of thioether (sulfide) groups is 1. The number of nitrogens with zero attached hydrogens (tertiary/aromatic N) is 3. The molecule has 0 saturated heterocycles. The summed E-state index contributed by atoms with van der Waals surface area (Å²) in [4.78, 5) is 15.5. The predicted molar refractivity (Wildman–Crippen MR) is 88.7 cm³/mol. The van der Waals surface area contributed by atoms with E-state index in [1.165, 1.54) is 31.0 Å². The number of halogens is 2. The Morgan fingerprint density at radius 3 is 2.96 bits per heavy atom. The molecule has 134 valence electrons. The molecule has 0 aliphatic carbocycles. The van der Waals surface area contributed by atoms with E-state index in [1.54, 1.807) is 6.92 Å². The Kier molecular flexibility index (Phi) is 6.73. The maximum atomic E-state index is 13.2. The molecule has 2 N–H and O–H groups in total. The zero-order valence-corrected chi connectivity index (χ0v) is 14.8. The van der Waals surface area contributed by atoms with Crippen LogP contribution in [-0.2, 0) is 9.53 Å². The van der Waals surface area contributed by atoms with Crippen LogP contribution in [0.5, 0.6) is 0 Å². The van der Waals surface area contributed by atoms with Crippen LogP contribution in [0.3, 0.4) is 0 Å². The zero-order chi connectivity index (χ0) is 18.4. The van der Waals surface area contributed by atoms with Crippen LogP contribution in [0, 0.1) is 11.7 Å². The van der Waals surface area contributed by atoms with Crippen molar-refractivity contribution in [3.8, 4) is 0 Å². The third-order valence-electron chi connectivity index (χ3n) is 3.01. The number of hydroxylamine groups is 1. The standard InChI is InChI=1S/C14H14ClFN4O4S/c1-7(14(21)23-2)6-25-13-11(19-24-20-13)12(18-22)17-8-3-4-10(16)9(15)5-8/h3-5,7,22H,6H2,1-2H3,(H,17,18)/t7-/m0/s1. The molecule has 1 atom stereocenters. The Hall–Kier alpha value is -2.17. The van der Waals surface area contributed by atoms with E-state index in [2.05, 4.69) is 24.7 Å². The summed E-state index contributed by atoms with van der Waals surface area (Å²) in [5.41, 5.74) is 2.31. The van der Waals surface area contributed by atoms with E-state index in [9.17, 15) is 14.4 Å². The van der Waals surface area contributed by atoms with Crippen LogP contribution in [0.1, 0.15) is 12.6 Å². The molecule has 1 heterocycles. The minimum absolute atomic E-state index is 0.0721. The summed E-state index contributed by atoms with van der Waals surface area (Å²) in [7, 11) is 1.31. The number of methoxy groups -OCH3 is 1. The maximum Gasteiger partial charge on any atom is 0.309 e. The number of rotatable bonds is 6. The molecule has 25 heavy (non-hydrogen) atoms. The van der Waals surface area contributed by atoms with Crippen LogP contribution in [0.4, 0.5) is 10.1 Å². The molecule has 1 aromatic heterocycles. The molecule has 1 aromatic carbocycles. The monoisotopic (exact) mass is 388 g/mol. The van der Waals surface area contributed by atoms with Crippen molar-refractivity contribution >= 4 is 40.9 Å². The summed E-state index contributed by atoms with van der Waals surface area (Å²) in [5, 5.41) is 16.9. The number of aromatic nitrogens is 2. The van der Waals surface area contributed by atoms with Crippen LogP contribution in [-0.4, -0.2) is 40.2 Å². The van der Waals surface area contributed by atoms with E-state index in [4.69, 9.17) is 11.6 Å². The lowest BCUT2D eigenvalue weighted by Gasteiger charge is -2.07. The molecule has 0 aliphatic rings. The molecule has 2 rings (SSSR count). The van der Waals surface area contributed by atoms with Gasteiger partial charge in [0.05, 0.1) is 23.7 Å². The number of hydrogen-bond donors (Lipinski definition) is 2. The largest absolute Gasteiger partial charge is 0.469 e. The third-order valence-corrected chi connectivity index (χ3v) is 4.50. The van der Waals surface area contributed by atoms with Gasteiger partial charge in [-0.05, 0) is 28.5 Å². The number of hydrogen-bond acceptors (Lipinski definition) is 8. The molecule has 0 fully saturated rings. The van der Waals surface area contributed by atoms with Crippen LogP contribution in [0.2, 0.25) is 5.02 Å². The van der Waals surface area contributed by atoms with Crippen molar-refractivity contribution < 1.29 is 23.8 Å². The molecule has 0 saturated carbocycles. The second-order valence-electron chi connectivity index (χ2n) is 4.82. The first kappa shape index (κ1) is 19.2. The number of ether oxygens (including phenoxy) is 1. The molecule has 0 spiro atoms. The quantitative estimate of drug-likeness (QED) is 0.255. The normalized spacial score (nSPS) is 12.8. The van der Waals surface area contributed by atoms with E-state index in [1.807, 2.05) is 5.48 Å². The van der Waals surface area contributed by atoms with Crippen LogP contribution < -0.4 is 5.48 Å². The van der Waals surface area contributed by atoms with Gasteiger partial charge in [0, 0.05) is 5.75 Å². The molecule has 0 aliphatic heterocycles. The Morgan fingerprint density at radius 1 is 1.56 bits per heavy atom. The Bertz CT molecular complexity index is 786. The molecule has 0 radical (unpaired) electrons. The van der Waals surface area contributed by atoms with Gasteiger partial charge in [-0.1, -0.05) is 30.3 Å². The van der Waals surface area contributed by atoms with Gasteiger partial charge in [-0.2, -0.15) is 0 Å². The number of aliphatic imine (C=N–C) groups is 1. The molecule has 0 unspecified atom stereocenters. The van der Waals surface area contributed by atoms with Gasteiger partial charge in [-0.15, -0.1) is 0 Å². The van der Waals surface area contributed by atoms with Crippen LogP contribution >= 0.6 is 23.4 Å². The second kappa shape index (κ2) is 8.79. The van der Waals surface area contributed by atoms with Gasteiger partial charge in [0.25, 0.3) is 0 Å². The highest BCUT2D eigenvalue weighted by molar-refractivity contribution is 7.99. The summed E-state index contributed by atoms with van der Waals surface area (Å²) in [6.45, 7) is 1.70. The van der Waals surface area contributed by atoms with Gasteiger partial charge in [-0.25, -0.2) is 14.0 Å². The van der Waals surface area contributed by atoms with Crippen LogP contribution in [0.25, 0.3) is 0 Å². The summed E-state index contributed by atoms with van der Waals surface area (Å²) in [6, 6.07) is 3.80. The van der Waals surface area contributed by atoms with Crippen molar-refractivity contribution in [2.75, 3.05) is 12.9 Å². The van der Waals surface area contributed by atoms with Gasteiger partial charge >= 0.3 is 5.97 Å². The Morgan fingerprint density at radius 2 is 2.32 bits per heavy atom. The lowest BCUT2D eigenvalue weighted by Crippen LogP contribution is -2.21. The van der Waals surface area contributed by atoms with Crippen molar-refractivity contribution in [3.05, 3.63) is 34.7 Å². The van der Waals surface area contributed by atoms with E-state index in [0.717, 1.165) is 6.07 Å². The third kappa shape index (κ3) is 4.91. The summed E-state index contributed by atoms with van der Waals surface area (Å²) >= 11 is 6.88. The highest BCUT2D eigenvalue weighted by Crippen LogP contribution is 2.25. The lowest BCUT2D eigenvalue weighted by molar-refractivity contribution is -0.143. The fraction of sp³-hybridized carbons (Fsp3) is 0.286. The average molecular weight is 389 g/mol. The maximum absolute atomic E-state index is 13.2. The van der Waals surface area contributed by atoms with E-state index in [0.29, 0.717) is 10.8 Å². The minimum Gasteiger partial charge on any atom is -0.469 e. The van der Waals surface area contributed by atoms with Gasteiger partial charge < -0.3 is 4.74 Å². The zero-order valence-electron chi connectivity index (χ0n) is 13.2. The molecule has 0 bridgehead atoms. The smallest absolute Gasteiger partial charge is 0.309 e. The molecule has 8 nitrogen and oxygen atoms in total. The van der Waals surface area contributed by atoms with Gasteiger partial charge in [0.2, 0.25) is 0 Å². The van der Waals surface area contributed by atoms with Crippen LogP contribution in [0.15, 0.2) is 32.8 Å². The number of benzene rings is 1. The van der Waals surface area contributed by atoms with Crippen molar-refractivity contribution in [3.63, 3.8) is 0 Å². The van der Waals surface area contributed by atoms with Gasteiger partial charge in [0.15, 0.2) is 16.6 Å². The van der Waals surface area contributed by atoms with Crippen molar-refractivity contribution in [1.29, 1.82) is 0 Å². The van der Waals surface area contributed by atoms with Crippen molar-refractivity contribution in [2.45, 2.75) is 11.9 Å². The number of esters is 1. The fourth-order valence-corrected chi connectivity index (χ4v) is 2.78. The van der Waals surface area contributed by atoms with E-state index in [-0.39, 0.29) is 34.1 Å². The summed E-state index contributed by atoms with van der Waals surface area (Å²) in [5.74, 6) is -1.04. The second-order valence-corrected chi connectivity index (χ2v) is 6.24. The Balaban J connectivity index is 2.21. The molecular weight excluding hydrogens is 375 g/mol. The van der Waals surface area contributed by atoms with E-state index >= 15 is 0 Å². The Labute approximate surface area is 151 Å². The van der Waals surface area contributed by atoms with Crippen molar-refractivity contribution in [2.24, 2.45) is 10.9 Å². The average Bonchev–Trinajstić information content (AvgIpc) is 3.08. The number of amidine groups is 1. The van der Waals surface area contributed by atoms with Gasteiger partial charge in [0.1, 0.15) is 5.82 Å². The molecule has 2 aromatic rings. The highest BCUT2D eigenvalue weighted by Gasteiger charge is 2.20. The first-order chi connectivity index (χ1) is 12.0. The van der Waals surface area contributed by atoms with E-state index < -0.39 is 5.82 Å². The number of carbonyl (C=O) groups excluding carboxylic acids is 1. The summed E-state index contributed by atoms with van der Waals surface area (Å²) < 4.78 is 22.5. The predicted octanol–water partition coefficient (Wildman–Crippen LogP) is 2.82. The topological polar surface area (TPSA) is 110 Å². The minimum atomic E-state index is -0.588. The SMILES string of the molecule is COC(=O)[C@@H](C)CSc1nonc1C(=Nc1ccc(F)c(Cl)c1)NO. The number of nitrogens with one attached hydrogen (secondary N) is 1. The van der Waals surface area contributed by atoms with Gasteiger partial charge in [-0.3, -0.25) is 15.5 Å². The first-order valence-electron chi connectivity index (χ1n) is 6.93. The molecular formula is C14H14ClFN4O4S. The lowest BCUT2D eigenvalue weighted by atomic mass is 10.2. The van der Waals surface area contributed by atoms with Crippen molar-refractivity contribution in [1.82, 2.24) is 15.8 Å². The highest BCUT2D eigenvalue weighted by atomic mass is 35.5. The number of carbonyl (C=O) groups is 1. The fourth-order valence-electron chi connectivity index (χ4n) is 1.71. The molecule has 0 amide bonds. The molecule has 11 heteroatoms. The summed E-state index contributed by atoms with van der Waals surface area (Å²) in [6.07, 6.45) is 0.